The van der Waals surface area contributed by atoms with Crippen LogP contribution in [0.3, 0.4) is 0 Å². The van der Waals surface area contributed by atoms with Crippen LogP contribution in [0.1, 0.15) is 22.9 Å². The van der Waals surface area contributed by atoms with E-state index in [0.29, 0.717) is 0 Å². The maximum absolute atomic E-state index is 5.57. The maximum atomic E-state index is 5.57. The SMILES string of the molecule is CNC(c1ccnc(C)c1)c1ccc(OC)c(Br)c1OC. The smallest absolute Gasteiger partial charge is 0.141 e. The number of methoxy groups -OCH3 is 2. The predicted octanol–water partition coefficient (Wildman–Crippen LogP) is 3.48. The summed E-state index contributed by atoms with van der Waals surface area (Å²) in [6.45, 7) is 1.98. The zero-order valence-corrected chi connectivity index (χ0v) is 14.2. The van der Waals surface area contributed by atoms with Crippen LogP contribution < -0.4 is 14.8 Å². The standard InChI is InChI=1S/C16H19BrN2O2/c1-10-9-11(7-8-19-10)15(18-2)12-5-6-13(20-3)14(17)16(12)21-4/h5-9,15,18H,1-4H3. The van der Waals surface area contributed by atoms with E-state index in [4.69, 9.17) is 9.47 Å². The van der Waals surface area contributed by atoms with Gasteiger partial charge in [-0.3, -0.25) is 4.98 Å². The minimum absolute atomic E-state index is 0.0175. The molecule has 1 atom stereocenters. The Labute approximate surface area is 133 Å². The highest BCUT2D eigenvalue weighted by Gasteiger charge is 2.20. The van der Waals surface area contributed by atoms with Gasteiger partial charge in [0, 0.05) is 17.5 Å². The van der Waals surface area contributed by atoms with Crippen molar-refractivity contribution in [3.63, 3.8) is 0 Å². The van der Waals surface area contributed by atoms with Crippen molar-refractivity contribution in [3.8, 4) is 11.5 Å². The molecule has 1 heterocycles. The van der Waals surface area contributed by atoms with E-state index >= 15 is 0 Å². The highest BCUT2D eigenvalue weighted by molar-refractivity contribution is 9.10. The van der Waals surface area contributed by atoms with E-state index in [9.17, 15) is 0 Å². The van der Waals surface area contributed by atoms with E-state index in [0.717, 1.165) is 32.8 Å². The number of aromatic nitrogens is 1. The van der Waals surface area contributed by atoms with Gasteiger partial charge in [0.15, 0.2) is 0 Å². The zero-order valence-electron chi connectivity index (χ0n) is 12.6. The molecule has 0 amide bonds. The van der Waals surface area contributed by atoms with Gasteiger partial charge in [-0.05, 0) is 59.7 Å². The molecule has 1 N–H and O–H groups in total. The minimum Gasteiger partial charge on any atom is -0.495 e. The second kappa shape index (κ2) is 6.91. The Balaban J connectivity index is 2.55. The largest absolute Gasteiger partial charge is 0.495 e. The van der Waals surface area contributed by atoms with Crippen molar-refractivity contribution in [3.05, 3.63) is 51.8 Å². The molecule has 21 heavy (non-hydrogen) atoms. The average molecular weight is 351 g/mol. The molecule has 1 aromatic carbocycles. The molecule has 2 aromatic rings. The molecular weight excluding hydrogens is 332 g/mol. The van der Waals surface area contributed by atoms with Crippen molar-refractivity contribution in [1.82, 2.24) is 10.3 Å². The quantitative estimate of drug-likeness (QED) is 0.896. The Morgan fingerprint density at radius 2 is 1.95 bits per heavy atom. The summed E-state index contributed by atoms with van der Waals surface area (Å²) in [5.41, 5.74) is 3.16. The van der Waals surface area contributed by atoms with Crippen molar-refractivity contribution >= 4 is 15.9 Å². The monoisotopic (exact) mass is 350 g/mol. The molecule has 2 rings (SSSR count). The van der Waals surface area contributed by atoms with E-state index in [1.165, 1.54) is 0 Å². The lowest BCUT2D eigenvalue weighted by atomic mass is 9.98. The Morgan fingerprint density at radius 1 is 1.19 bits per heavy atom. The zero-order chi connectivity index (χ0) is 15.4. The highest BCUT2D eigenvalue weighted by atomic mass is 79.9. The lowest BCUT2D eigenvalue weighted by Gasteiger charge is -2.22. The number of rotatable bonds is 5. The van der Waals surface area contributed by atoms with Crippen molar-refractivity contribution < 1.29 is 9.47 Å². The molecule has 112 valence electrons. The van der Waals surface area contributed by atoms with Crippen molar-refractivity contribution in [2.24, 2.45) is 0 Å². The predicted molar refractivity (Wildman–Crippen MR) is 87.1 cm³/mol. The lowest BCUT2D eigenvalue weighted by Crippen LogP contribution is -2.19. The fourth-order valence-corrected chi connectivity index (χ4v) is 3.08. The summed E-state index contributed by atoms with van der Waals surface area (Å²) in [5.74, 6) is 1.51. The summed E-state index contributed by atoms with van der Waals surface area (Å²) in [5, 5.41) is 3.33. The normalized spacial score (nSPS) is 12.0. The number of nitrogens with zero attached hydrogens (tertiary/aromatic N) is 1. The third kappa shape index (κ3) is 3.19. The summed E-state index contributed by atoms with van der Waals surface area (Å²) in [6, 6.07) is 8.04. The summed E-state index contributed by atoms with van der Waals surface area (Å²) >= 11 is 3.55. The average Bonchev–Trinajstić information content (AvgIpc) is 2.48. The number of halogens is 1. The van der Waals surface area contributed by atoms with Crippen LogP contribution in [0.5, 0.6) is 11.5 Å². The molecule has 0 aliphatic heterocycles. The molecule has 0 radical (unpaired) electrons. The van der Waals surface area contributed by atoms with Crippen LogP contribution in [0, 0.1) is 6.92 Å². The fraction of sp³-hybridized carbons (Fsp3) is 0.312. The molecule has 0 aliphatic carbocycles. The van der Waals surface area contributed by atoms with E-state index in [1.807, 2.05) is 38.4 Å². The molecule has 1 unspecified atom stereocenters. The molecule has 0 saturated heterocycles. The van der Waals surface area contributed by atoms with Gasteiger partial charge in [-0.25, -0.2) is 0 Å². The maximum Gasteiger partial charge on any atom is 0.141 e. The van der Waals surface area contributed by atoms with Crippen LogP contribution in [-0.2, 0) is 0 Å². The van der Waals surface area contributed by atoms with Gasteiger partial charge < -0.3 is 14.8 Å². The van der Waals surface area contributed by atoms with Crippen molar-refractivity contribution in [1.29, 1.82) is 0 Å². The van der Waals surface area contributed by atoms with Crippen molar-refractivity contribution in [2.75, 3.05) is 21.3 Å². The number of hydrogen-bond donors (Lipinski definition) is 1. The van der Waals surface area contributed by atoms with Gasteiger partial charge in [0.2, 0.25) is 0 Å². The number of hydrogen-bond acceptors (Lipinski definition) is 4. The van der Waals surface area contributed by atoms with E-state index in [2.05, 4.69) is 32.3 Å². The van der Waals surface area contributed by atoms with E-state index in [-0.39, 0.29) is 6.04 Å². The summed E-state index contributed by atoms with van der Waals surface area (Å²) in [4.78, 5) is 4.25. The molecule has 4 nitrogen and oxygen atoms in total. The Hall–Kier alpha value is -1.59. The van der Waals surface area contributed by atoms with Gasteiger partial charge >= 0.3 is 0 Å². The van der Waals surface area contributed by atoms with Gasteiger partial charge in [-0.15, -0.1) is 0 Å². The Bertz CT molecular complexity index is 632. The first-order valence-corrected chi connectivity index (χ1v) is 7.41. The molecular formula is C16H19BrN2O2. The molecule has 0 fully saturated rings. The first-order chi connectivity index (χ1) is 10.1. The van der Waals surface area contributed by atoms with Crippen LogP contribution >= 0.6 is 15.9 Å². The lowest BCUT2D eigenvalue weighted by molar-refractivity contribution is 0.383. The fourth-order valence-electron chi connectivity index (χ4n) is 2.39. The van der Waals surface area contributed by atoms with Gasteiger partial charge in [0.25, 0.3) is 0 Å². The second-order valence-corrected chi connectivity index (χ2v) is 5.45. The van der Waals surface area contributed by atoms with E-state index < -0.39 is 0 Å². The molecule has 5 heteroatoms. The number of benzene rings is 1. The Kier molecular flexibility index (Phi) is 5.20. The molecule has 0 spiro atoms. The van der Waals surface area contributed by atoms with Crippen LogP contribution in [0.25, 0.3) is 0 Å². The number of ether oxygens (including phenoxy) is 2. The van der Waals surface area contributed by atoms with Crippen molar-refractivity contribution in [2.45, 2.75) is 13.0 Å². The summed E-state index contributed by atoms with van der Waals surface area (Å²) < 4.78 is 11.7. The first-order valence-electron chi connectivity index (χ1n) is 6.62. The third-order valence-corrected chi connectivity index (χ3v) is 4.12. The summed E-state index contributed by atoms with van der Waals surface area (Å²) in [6.07, 6.45) is 1.82. The van der Waals surface area contributed by atoms with Gasteiger partial charge in [-0.1, -0.05) is 0 Å². The molecule has 0 saturated carbocycles. The Morgan fingerprint density at radius 3 is 2.52 bits per heavy atom. The number of pyridine rings is 1. The van der Waals surface area contributed by atoms with E-state index in [1.54, 1.807) is 14.2 Å². The minimum atomic E-state index is 0.0175. The van der Waals surface area contributed by atoms with Gasteiger partial charge in [0.05, 0.1) is 20.3 Å². The van der Waals surface area contributed by atoms with Crippen LogP contribution in [0.2, 0.25) is 0 Å². The highest BCUT2D eigenvalue weighted by Crippen LogP contribution is 2.41. The first kappa shape index (κ1) is 15.8. The topological polar surface area (TPSA) is 43.4 Å². The van der Waals surface area contributed by atoms with Gasteiger partial charge in [0.1, 0.15) is 16.0 Å². The van der Waals surface area contributed by atoms with Crippen LogP contribution in [0.4, 0.5) is 0 Å². The third-order valence-electron chi connectivity index (χ3n) is 3.37. The molecule has 0 bridgehead atoms. The molecule has 0 aliphatic rings. The summed E-state index contributed by atoms with van der Waals surface area (Å²) in [7, 11) is 5.23. The van der Waals surface area contributed by atoms with Gasteiger partial charge in [-0.2, -0.15) is 0 Å². The van der Waals surface area contributed by atoms with Crippen LogP contribution in [-0.4, -0.2) is 26.3 Å². The number of aryl methyl sites for hydroxylation is 1. The second-order valence-electron chi connectivity index (χ2n) is 4.66. The number of nitrogens with one attached hydrogen (secondary N) is 1. The molecule has 1 aromatic heterocycles. The van der Waals surface area contributed by atoms with Crippen LogP contribution in [0.15, 0.2) is 34.9 Å².